The molecule has 0 N–H and O–H groups in total. The number of nitrogens with zero attached hydrogens (tertiary/aromatic N) is 4. The fourth-order valence-corrected chi connectivity index (χ4v) is 5.71. The molecule has 0 aliphatic carbocycles. The molecule has 2 aromatic rings. The minimum Gasteiger partial charge on any atom is -0.368 e. The third kappa shape index (κ3) is 4.36. The van der Waals surface area contributed by atoms with Crippen molar-refractivity contribution in [2.45, 2.75) is 39.0 Å². The first-order valence-electron chi connectivity index (χ1n) is 11.6. The molecule has 182 valence electrons. The third-order valence-electron chi connectivity index (χ3n) is 6.59. The highest BCUT2D eigenvalue weighted by molar-refractivity contribution is 7.90. The van der Waals surface area contributed by atoms with Gasteiger partial charge in [0.05, 0.1) is 11.8 Å². The molecule has 2 fully saturated rings. The lowest BCUT2D eigenvalue weighted by Crippen LogP contribution is -2.55. The van der Waals surface area contributed by atoms with Crippen LogP contribution in [0.5, 0.6) is 0 Å². The predicted molar refractivity (Wildman–Crippen MR) is 134 cm³/mol. The standard InChI is InChI=1S/C25H32N4O4S/c1-18(2)34(32,33)28-17-23(29(25(28)31)21-8-6-5-7-9-21)24(30)27-14-12-26(13-15-27)22-16-19(3)10-11-20(22)4/h5-11,16,18,23H,12-15,17H2,1-4H3. The molecule has 9 heteroatoms. The average molecular weight is 485 g/mol. The van der Waals surface area contributed by atoms with Crippen molar-refractivity contribution in [1.29, 1.82) is 0 Å². The van der Waals surface area contributed by atoms with Gasteiger partial charge in [0.1, 0.15) is 6.04 Å². The van der Waals surface area contributed by atoms with Crippen molar-refractivity contribution in [3.8, 4) is 0 Å². The zero-order valence-corrected chi connectivity index (χ0v) is 21.0. The van der Waals surface area contributed by atoms with Gasteiger partial charge in [-0.3, -0.25) is 9.69 Å². The summed E-state index contributed by atoms with van der Waals surface area (Å²) in [6.45, 7) is 9.42. The summed E-state index contributed by atoms with van der Waals surface area (Å²) in [6.07, 6.45) is 0. The van der Waals surface area contributed by atoms with Crippen LogP contribution in [-0.4, -0.2) is 73.6 Å². The monoisotopic (exact) mass is 484 g/mol. The summed E-state index contributed by atoms with van der Waals surface area (Å²) in [5.41, 5.74) is 4.06. The summed E-state index contributed by atoms with van der Waals surface area (Å²) >= 11 is 0. The second-order valence-electron chi connectivity index (χ2n) is 9.23. The van der Waals surface area contributed by atoms with Crippen molar-refractivity contribution >= 4 is 33.3 Å². The Labute approximate surface area is 201 Å². The average Bonchev–Trinajstić information content (AvgIpc) is 3.18. The van der Waals surface area contributed by atoms with Crippen LogP contribution in [0.3, 0.4) is 0 Å². The normalized spacial score (nSPS) is 19.3. The van der Waals surface area contributed by atoms with E-state index in [1.807, 2.05) is 6.07 Å². The number of benzene rings is 2. The van der Waals surface area contributed by atoms with E-state index in [-0.39, 0.29) is 12.5 Å². The van der Waals surface area contributed by atoms with Crippen LogP contribution in [0.25, 0.3) is 0 Å². The Morgan fingerprint density at radius 3 is 2.24 bits per heavy atom. The molecular formula is C25H32N4O4S. The molecule has 2 aromatic carbocycles. The van der Waals surface area contributed by atoms with Crippen LogP contribution >= 0.6 is 0 Å². The van der Waals surface area contributed by atoms with Gasteiger partial charge in [0, 0.05) is 37.6 Å². The highest BCUT2D eigenvalue weighted by atomic mass is 32.2. The summed E-state index contributed by atoms with van der Waals surface area (Å²) in [7, 11) is -3.85. The van der Waals surface area contributed by atoms with E-state index in [0.717, 1.165) is 4.31 Å². The van der Waals surface area contributed by atoms with Gasteiger partial charge >= 0.3 is 6.03 Å². The number of para-hydroxylation sites is 1. The number of carbonyl (C=O) groups is 2. The SMILES string of the molecule is Cc1ccc(C)c(N2CCN(C(=O)C3CN(S(=O)(=O)C(C)C)C(=O)N3c3ccccc3)CC2)c1. The second kappa shape index (κ2) is 9.29. The van der Waals surface area contributed by atoms with E-state index >= 15 is 0 Å². The largest absolute Gasteiger partial charge is 0.368 e. The third-order valence-corrected chi connectivity index (χ3v) is 8.70. The number of anilines is 2. The van der Waals surface area contributed by atoms with Crippen molar-refractivity contribution in [3.05, 3.63) is 59.7 Å². The van der Waals surface area contributed by atoms with Crippen LogP contribution in [-0.2, 0) is 14.8 Å². The van der Waals surface area contributed by atoms with Gasteiger partial charge in [-0.15, -0.1) is 0 Å². The molecule has 0 saturated carbocycles. The smallest absolute Gasteiger partial charge is 0.339 e. The number of hydrogen-bond donors (Lipinski definition) is 0. The molecule has 0 aromatic heterocycles. The number of piperazine rings is 1. The quantitative estimate of drug-likeness (QED) is 0.652. The summed E-state index contributed by atoms with van der Waals surface area (Å²) in [5, 5.41) is -0.760. The molecule has 0 bridgehead atoms. The number of aryl methyl sites for hydroxylation is 2. The number of rotatable bonds is 5. The van der Waals surface area contributed by atoms with E-state index in [9.17, 15) is 18.0 Å². The highest BCUT2D eigenvalue weighted by Gasteiger charge is 2.49. The van der Waals surface area contributed by atoms with Gasteiger partial charge in [0.15, 0.2) is 0 Å². The van der Waals surface area contributed by atoms with E-state index < -0.39 is 27.3 Å². The van der Waals surface area contributed by atoms with E-state index in [0.29, 0.717) is 31.9 Å². The topological polar surface area (TPSA) is 81.2 Å². The fourth-order valence-electron chi connectivity index (χ4n) is 4.54. The number of hydrogen-bond acceptors (Lipinski definition) is 5. The summed E-state index contributed by atoms with van der Waals surface area (Å²) < 4.78 is 26.6. The molecule has 4 rings (SSSR count). The number of sulfonamides is 1. The number of carbonyl (C=O) groups excluding carboxylic acids is 2. The first-order valence-corrected chi connectivity index (χ1v) is 13.1. The maximum atomic E-state index is 13.6. The molecule has 8 nitrogen and oxygen atoms in total. The molecule has 1 unspecified atom stereocenters. The zero-order valence-electron chi connectivity index (χ0n) is 20.1. The van der Waals surface area contributed by atoms with Crippen molar-refractivity contribution in [3.63, 3.8) is 0 Å². The molecule has 2 heterocycles. The van der Waals surface area contributed by atoms with Gasteiger partial charge in [0.2, 0.25) is 15.9 Å². The molecule has 0 spiro atoms. The van der Waals surface area contributed by atoms with Crippen LogP contribution in [0.2, 0.25) is 0 Å². The van der Waals surface area contributed by atoms with Gasteiger partial charge in [-0.2, -0.15) is 0 Å². The molecular weight excluding hydrogens is 452 g/mol. The number of amides is 3. The lowest BCUT2D eigenvalue weighted by Gasteiger charge is -2.38. The number of urea groups is 1. The second-order valence-corrected chi connectivity index (χ2v) is 11.6. The molecule has 0 radical (unpaired) electrons. The Kier molecular flexibility index (Phi) is 6.58. The minimum atomic E-state index is -3.85. The van der Waals surface area contributed by atoms with E-state index in [2.05, 4.69) is 36.9 Å². The van der Waals surface area contributed by atoms with Crippen molar-refractivity contribution in [2.24, 2.45) is 0 Å². The Hall–Kier alpha value is -3.07. The molecule has 3 amide bonds. The summed E-state index contributed by atoms with van der Waals surface area (Å²) in [6, 6.07) is 13.6. The Bertz CT molecular complexity index is 1170. The van der Waals surface area contributed by atoms with E-state index in [4.69, 9.17) is 0 Å². The van der Waals surface area contributed by atoms with E-state index in [1.54, 1.807) is 29.2 Å². The minimum absolute atomic E-state index is 0.176. The first kappa shape index (κ1) is 24.1. The van der Waals surface area contributed by atoms with Gasteiger partial charge in [-0.25, -0.2) is 17.5 Å². The van der Waals surface area contributed by atoms with Gasteiger partial charge in [-0.05, 0) is 57.0 Å². The molecule has 2 saturated heterocycles. The Morgan fingerprint density at radius 1 is 0.971 bits per heavy atom. The van der Waals surface area contributed by atoms with Crippen LogP contribution in [0.15, 0.2) is 48.5 Å². The lowest BCUT2D eigenvalue weighted by atomic mass is 10.1. The molecule has 2 aliphatic rings. The van der Waals surface area contributed by atoms with Gasteiger partial charge in [0.25, 0.3) is 0 Å². The molecule has 2 aliphatic heterocycles. The lowest BCUT2D eigenvalue weighted by molar-refractivity contribution is -0.132. The maximum absolute atomic E-state index is 13.6. The fraction of sp³-hybridized carbons (Fsp3) is 0.440. The zero-order chi connectivity index (χ0) is 24.6. The predicted octanol–water partition coefficient (Wildman–Crippen LogP) is 3.00. The maximum Gasteiger partial charge on any atom is 0.339 e. The van der Waals surface area contributed by atoms with Crippen molar-refractivity contribution in [1.82, 2.24) is 9.21 Å². The van der Waals surface area contributed by atoms with Crippen molar-refractivity contribution in [2.75, 3.05) is 42.5 Å². The highest BCUT2D eigenvalue weighted by Crippen LogP contribution is 2.30. The van der Waals surface area contributed by atoms with Gasteiger partial charge in [-0.1, -0.05) is 30.3 Å². The first-order chi connectivity index (χ1) is 16.1. The van der Waals surface area contributed by atoms with Crippen LogP contribution in [0.1, 0.15) is 25.0 Å². The molecule has 34 heavy (non-hydrogen) atoms. The van der Waals surface area contributed by atoms with Crippen molar-refractivity contribution < 1.29 is 18.0 Å². The Balaban J connectivity index is 1.56. The molecule has 1 atom stereocenters. The van der Waals surface area contributed by atoms with Crippen LogP contribution in [0, 0.1) is 13.8 Å². The Morgan fingerprint density at radius 2 is 1.62 bits per heavy atom. The van der Waals surface area contributed by atoms with E-state index in [1.165, 1.54) is 35.6 Å². The van der Waals surface area contributed by atoms with Crippen LogP contribution in [0.4, 0.5) is 16.2 Å². The van der Waals surface area contributed by atoms with Crippen LogP contribution < -0.4 is 9.80 Å². The summed E-state index contributed by atoms with van der Waals surface area (Å²) in [5.74, 6) is -0.223. The summed E-state index contributed by atoms with van der Waals surface area (Å²) in [4.78, 5) is 32.2. The van der Waals surface area contributed by atoms with Gasteiger partial charge < -0.3 is 9.80 Å².